The predicted octanol–water partition coefficient (Wildman–Crippen LogP) is 1.71. The second-order valence-electron chi connectivity index (χ2n) is 7.17. The van der Waals surface area contributed by atoms with Gasteiger partial charge >= 0.3 is 0 Å². The Morgan fingerprint density at radius 3 is 2.72 bits per heavy atom. The Labute approximate surface area is 147 Å². The summed E-state index contributed by atoms with van der Waals surface area (Å²) in [7, 11) is -1.80. The molecule has 0 bridgehead atoms. The minimum absolute atomic E-state index is 0.134. The van der Waals surface area contributed by atoms with Crippen LogP contribution in [0.25, 0.3) is 0 Å². The maximum Gasteiger partial charge on any atom is 0.267 e. The van der Waals surface area contributed by atoms with E-state index < -0.39 is 15.8 Å². The van der Waals surface area contributed by atoms with Gasteiger partial charge in [-0.05, 0) is 30.7 Å². The molecule has 3 atom stereocenters. The third-order valence-corrected chi connectivity index (χ3v) is 7.27. The molecule has 4 nitrogen and oxygen atoms in total. The van der Waals surface area contributed by atoms with E-state index in [-0.39, 0.29) is 16.9 Å². The number of quaternary nitrogens is 1. The molecule has 1 N–H and O–H groups in total. The largest absolute Gasteiger partial charge is 0.337 e. The van der Waals surface area contributed by atoms with Gasteiger partial charge in [0.05, 0.1) is 37.8 Å². The first kappa shape index (κ1) is 16.5. The molecule has 132 valence electrons. The lowest BCUT2D eigenvalue weighted by Gasteiger charge is -2.34. The molecule has 0 radical (unpaired) electrons. The monoisotopic (exact) mass is 361 g/mol. The summed E-state index contributed by atoms with van der Waals surface area (Å²) in [6.45, 7) is 3.82. The lowest BCUT2D eigenvalue weighted by molar-refractivity contribution is -0.886. The topological polar surface area (TPSA) is 41.8 Å². The first-order valence-electron chi connectivity index (χ1n) is 8.60. The molecule has 2 heterocycles. The van der Waals surface area contributed by atoms with Gasteiger partial charge in [0.15, 0.2) is 0 Å². The molecule has 4 rings (SSSR count). The number of nitrogens with zero attached hydrogens (tertiary/aromatic N) is 1. The number of benzene rings is 2. The highest BCUT2D eigenvalue weighted by Crippen LogP contribution is 2.45. The Hall–Kier alpha value is -1.92. The Bertz CT molecular complexity index is 929. The maximum absolute atomic E-state index is 14.3. The summed E-state index contributed by atoms with van der Waals surface area (Å²) in [5.41, 5.74) is 2.90. The van der Waals surface area contributed by atoms with E-state index in [0.29, 0.717) is 5.69 Å². The van der Waals surface area contributed by atoms with E-state index in [1.165, 1.54) is 27.4 Å². The van der Waals surface area contributed by atoms with Crippen LogP contribution in [0, 0.1) is 12.7 Å². The fourth-order valence-corrected chi connectivity index (χ4v) is 6.04. The quantitative estimate of drug-likeness (QED) is 0.885. The molecule has 2 aromatic carbocycles. The Morgan fingerprint density at radius 2 is 1.96 bits per heavy atom. The van der Waals surface area contributed by atoms with E-state index in [0.717, 1.165) is 30.6 Å². The summed E-state index contributed by atoms with van der Waals surface area (Å²) in [6, 6.07) is 11.4. The Kier molecular flexibility index (Phi) is 3.85. The van der Waals surface area contributed by atoms with Crippen molar-refractivity contribution < 1.29 is 17.7 Å². The number of likely N-dealkylation sites (tertiary alicyclic amines) is 1. The number of aryl methyl sites for hydroxylation is 1. The lowest BCUT2D eigenvalue weighted by Crippen LogP contribution is -3.11. The van der Waals surface area contributed by atoms with Gasteiger partial charge in [-0.2, -0.15) is 0 Å². The van der Waals surface area contributed by atoms with Crippen molar-refractivity contribution in [3.63, 3.8) is 0 Å². The molecule has 0 saturated carbocycles. The molecule has 2 aliphatic rings. The van der Waals surface area contributed by atoms with Gasteiger partial charge in [-0.25, -0.2) is 12.8 Å². The van der Waals surface area contributed by atoms with E-state index in [1.54, 1.807) is 6.07 Å². The normalized spacial score (nSPS) is 25.6. The molecule has 1 fully saturated rings. The third-order valence-electron chi connectivity index (χ3n) is 5.39. The van der Waals surface area contributed by atoms with Gasteiger partial charge in [-0.1, -0.05) is 29.8 Å². The van der Waals surface area contributed by atoms with Crippen molar-refractivity contribution in [1.29, 1.82) is 0 Å². The summed E-state index contributed by atoms with van der Waals surface area (Å²) in [5, 5.41) is 0. The van der Waals surface area contributed by atoms with E-state index >= 15 is 0 Å². The standard InChI is InChI=1S/C19H21FN2O2S/c1-13-7-8-17-14(11-13)15-12-21(2)10-9-18(15)22(17)25(23,24)19-6-4-3-5-16(19)20/h3-8,11,15,18H,9-10,12H2,1-2H3/p+1/t15-,18+/m0/s1. The minimum atomic E-state index is -3.93. The fourth-order valence-electron chi connectivity index (χ4n) is 4.22. The van der Waals surface area contributed by atoms with E-state index in [9.17, 15) is 12.8 Å². The van der Waals surface area contributed by atoms with Crippen LogP contribution in [0.2, 0.25) is 0 Å². The van der Waals surface area contributed by atoms with Crippen LogP contribution in [0.15, 0.2) is 47.4 Å². The number of halogens is 1. The number of sulfonamides is 1. The number of nitrogens with one attached hydrogen (secondary N) is 1. The molecular formula is C19H22FN2O2S+. The van der Waals surface area contributed by atoms with Gasteiger partial charge in [-0.3, -0.25) is 4.31 Å². The summed E-state index contributed by atoms with van der Waals surface area (Å²) >= 11 is 0. The number of hydrogen-bond acceptors (Lipinski definition) is 2. The van der Waals surface area contributed by atoms with Gasteiger partial charge < -0.3 is 4.90 Å². The Morgan fingerprint density at radius 1 is 1.20 bits per heavy atom. The average molecular weight is 361 g/mol. The van der Waals surface area contributed by atoms with Crippen LogP contribution in [-0.4, -0.2) is 34.6 Å². The van der Waals surface area contributed by atoms with Gasteiger partial charge in [0.25, 0.3) is 10.0 Å². The van der Waals surface area contributed by atoms with E-state index in [2.05, 4.69) is 13.1 Å². The number of rotatable bonds is 2. The van der Waals surface area contributed by atoms with Crippen LogP contribution in [-0.2, 0) is 10.0 Å². The highest BCUT2D eigenvalue weighted by molar-refractivity contribution is 7.92. The van der Waals surface area contributed by atoms with Crippen molar-refractivity contribution in [3.05, 3.63) is 59.4 Å². The van der Waals surface area contributed by atoms with E-state index in [1.807, 2.05) is 19.1 Å². The zero-order chi connectivity index (χ0) is 17.8. The van der Waals surface area contributed by atoms with Crippen LogP contribution in [0.4, 0.5) is 10.1 Å². The first-order valence-corrected chi connectivity index (χ1v) is 10.0. The SMILES string of the molecule is Cc1ccc2c(c1)[C@@H]1C[NH+](C)CC[C@H]1N2S(=O)(=O)c1ccccc1F. The minimum Gasteiger partial charge on any atom is -0.337 e. The highest BCUT2D eigenvalue weighted by Gasteiger charge is 2.48. The molecule has 0 aliphatic carbocycles. The Balaban J connectivity index is 1.89. The summed E-state index contributed by atoms with van der Waals surface area (Å²) in [5.74, 6) is -0.539. The highest BCUT2D eigenvalue weighted by atomic mass is 32.2. The molecule has 25 heavy (non-hydrogen) atoms. The van der Waals surface area contributed by atoms with Crippen molar-refractivity contribution in [1.82, 2.24) is 0 Å². The maximum atomic E-state index is 14.3. The van der Waals surface area contributed by atoms with Crippen LogP contribution in [0.5, 0.6) is 0 Å². The summed E-state index contributed by atoms with van der Waals surface area (Å²) in [4.78, 5) is 1.16. The smallest absolute Gasteiger partial charge is 0.267 e. The molecule has 2 aromatic rings. The molecular weight excluding hydrogens is 339 g/mol. The van der Waals surface area contributed by atoms with Crippen molar-refractivity contribution in [2.75, 3.05) is 24.4 Å². The number of anilines is 1. The van der Waals surface area contributed by atoms with Gasteiger partial charge in [0.1, 0.15) is 10.7 Å². The number of hydrogen-bond donors (Lipinski definition) is 1. The number of piperidine rings is 1. The van der Waals surface area contributed by atoms with E-state index in [4.69, 9.17) is 0 Å². The molecule has 1 unspecified atom stereocenters. The van der Waals surface area contributed by atoms with Crippen molar-refractivity contribution >= 4 is 15.7 Å². The second kappa shape index (κ2) is 5.81. The summed E-state index contributed by atoms with van der Waals surface area (Å²) < 4.78 is 42.4. The third kappa shape index (κ3) is 2.55. The van der Waals surface area contributed by atoms with Crippen LogP contribution < -0.4 is 9.21 Å². The molecule has 0 amide bonds. The molecule has 1 saturated heterocycles. The molecule has 6 heteroatoms. The van der Waals surface area contributed by atoms with Gasteiger partial charge in [0, 0.05) is 6.42 Å². The lowest BCUT2D eigenvalue weighted by atomic mass is 9.89. The molecule has 0 aromatic heterocycles. The number of fused-ring (bicyclic) bond motifs is 3. The predicted molar refractivity (Wildman–Crippen MR) is 95.0 cm³/mol. The van der Waals surface area contributed by atoms with Crippen molar-refractivity contribution in [2.24, 2.45) is 0 Å². The van der Waals surface area contributed by atoms with Crippen molar-refractivity contribution in [2.45, 2.75) is 30.2 Å². The zero-order valence-corrected chi connectivity index (χ0v) is 15.2. The molecule has 2 aliphatic heterocycles. The number of likely N-dealkylation sites (N-methyl/N-ethyl adjacent to an activating group) is 1. The van der Waals surface area contributed by atoms with Gasteiger partial charge in [-0.15, -0.1) is 0 Å². The second-order valence-corrected chi connectivity index (χ2v) is 8.95. The first-order chi connectivity index (χ1) is 11.9. The van der Waals surface area contributed by atoms with Crippen molar-refractivity contribution in [3.8, 4) is 0 Å². The zero-order valence-electron chi connectivity index (χ0n) is 14.4. The fraction of sp³-hybridized carbons (Fsp3) is 0.368. The van der Waals surface area contributed by atoms with Gasteiger partial charge in [0.2, 0.25) is 0 Å². The average Bonchev–Trinajstić information content (AvgIpc) is 2.89. The van der Waals surface area contributed by atoms with Crippen LogP contribution in [0.1, 0.15) is 23.5 Å². The molecule has 0 spiro atoms. The summed E-state index contributed by atoms with van der Waals surface area (Å²) in [6.07, 6.45) is 0.776. The van der Waals surface area contributed by atoms with Crippen LogP contribution in [0.3, 0.4) is 0 Å². The van der Waals surface area contributed by atoms with Crippen LogP contribution >= 0.6 is 0 Å².